The predicted molar refractivity (Wildman–Crippen MR) is 121 cm³/mol. The van der Waals surface area contributed by atoms with Crippen LogP contribution in [0.25, 0.3) is 11.1 Å². The van der Waals surface area contributed by atoms with E-state index in [0.29, 0.717) is 23.8 Å². The van der Waals surface area contributed by atoms with Gasteiger partial charge in [0.25, 0.3) is 5.88 Å². The molecule has 1 atom stereocenters. The average Bonchev–Trinajstić information content (AvgIpc) is 3.21. The van der Waals surface area contributed by atoms with Crippen LogP contribution in [0.3, 0.4) is 0 Å². The minimum absolute atomic E-state index is 0.0859. The number of guanidine groups is 1. The second-order valence-corrected chi connectivity index (χ2v) is 8.66. The Bertz CT molecular complexity index is 1020. The van der Waals surface area contributed by atoms with Crippen molar-refractivity contribution in [2.24, 2.45) is 10.7 Å². The van der Waals surface area contributed by atoms with Gasteiger partial charge in [-0.3, -0.25) is 0 Å². The van der Waals surface area contributed by atoms with Gasteiger partial charge in [0.15, 0.2) is 5.96 Å². The van der Waals surface area contributed by atoms with E-state index in [1.807, 2.05) is 61.2 Å². The fraction of sp³-hybridized carbons (Fsp3) is 0.304. The van der Waals surface area contributed by atoms with Crippen molar-refractivity contribution in [1.29, 1.82) is 0 Å². The summed E-state index contributed by atoms with van der Waals surface area (Å²) in [5.74, 6) is 2.83. The van der Waals surface area contributed by atoms with Crippen molar-refractivity contribution in [2.45, 2.75) is 19.3 Å². The first kappa shape index (κ1) is 20.5. The Morgan fingerprint density at radius 2 is 1.97 bits per heavy atom. The third-order valence-electron chi connectivity index (χ3n) is 5.27. The molecule has 0 saturated carbocycles. The molecule has 0 radical (unpaired) electrons. The lowest BCUT2D eigenvalue weighted by molar-refractivity contribution is 0.414. The predicted octanol–water partition coefficient (Wildman–Crippen LogP) is 4.82. The van der Waals surface area contributed by atoms with Crippen LogP contribution in [0, 0.1) is 5.82 Å². The molecule has 1 unspecified atom stereocenters. The van der Waals surface area contributed by atoms with E-state index in [9.17, 15) is 4.39 Å². The number of nitrogens with zero attached hydrogens (tertiary/aromatic N) is 3. The number of rotatable bonds is 5. The van der Waals surface area contributed by atoms with E-state index in [2.05, 4.69) is 15.0 Å². The van der Waals surface area contributed by atoms with Gasteiger partial charge >= 0.3 is 0 Å². The molecule has 30 heavy (non-hydrogen) atoms. The van der Waals surface area contributed by atoms with Crippen molar-refractivity contribution in [3.63, 3.8) is 0 Å². The Labute approximate surface area is 180 Å². The molecule has 0 bridgehead atoms. The van der Waals surface area contributed by atoms with Crippen LogP contribution in [0.5, 0.6) is 0 Å². The molecular formula is C23H25FN4OS. The van der Waals surface area contributed by atoms with E-state index < -0.39 is 0 Å². The third-order valence-corrected chi connectivity index (χ3v) is 6.21. The molecule has 0 aliphatic carbocycles. The zero-order chi connectivity index (χ0) is 20.9. The summed E-state index contributed by atoms with van der Waals surface area (Å²) < 4.78 is 20.0. The maximum absolute atomic E-state index is 14.7. The van der Waals surface area contributed by atoms with Crippen LogP contribution in [-0.4, -0.2) is 40.6 Å². The standard InChI is InChI=1S/C23H25FN4OS/c1-16(18-7-8-20(21(24)14-18)17-5-3-2-4-6-17)13-19-15-22(29-27-19)26-23(25)28-9-11-30-12-10-28/h2-8,14-16H,9-13H2,1H3,(H2,25,26). The van der Waals surface area contributed by atoms with E-state index in [1.54, 1.807) is 12.1 Å². The van der Waals surface area contributed by atoms with Crippen LogP contribution in [0.15, 0.2) is 64.1 Å². The highest BCUT2D eigenvalue weighted by Crippen LogP contribution is 2.28. The van der Waals surface area contributed by atoms with Gasteiger partial charge < -0.3 is 15.2 Å². The molecule has 1 saturated heterocycles. The quantitative estimate of drug-likeness (QED) is 0.470. The second-order valence-electron chi connectivity index (χ2n) is 7.44. The zero-order valence-corrected chi connectivity index (χ0v) is 17.7. The Morgan fingerprint density at radius 1 is 1.20 bits per heavy atom. The topological polar surface area (TPSA) is 67.7 Å². The minimum Gasteiger partial charge on any atom is -0.369 e. The number of thioether (sulfide) groups is 1. The van der Waals surface area contributed by atoms with E-state index in [0.717, 1.165) is 41.4 Å². The Hall–Kier alpha value is -2.80. The maximum atomic E-state index is 14.7. The lowest BCUT2D eigenvalue weighted by atomic mass is 9.94. The molecule has 0 amide bonds. The van der Waals surface area contributed by atoms with Crippen molar-refractivity contribution in [1.82, 2.24) is 10.1 Å². The molecule has 2 heterocycles. The third kappa shape index (κ3) is 4.84. The normalized spacial score (nSPS) is 15.9. The summed E-state index contributed by atoms with van der Waals surface area (Å²) >= 11 is 1.92. The van der Waals surface area contributed by atoms with Gasteiger partial charge in [0.1, 0.15) is 5.82 Å². The van der Waals surface area contributed by atoms with Crippen LogP contribution < -0.4 is 5.73 Å². The number of hydrogen-bond acceptors (Lipinski definition) is 4. The van der Waals surface area contributed by atoms with Gasteiger partial charge in [-0.1, -0.05) is 54.5 Å². The van der Waals surface area contributed by atoms with Crippen LogP contribution in [0.4, 0.5) is 10.3 Å². The summed E-state index contributed by atoms with van der Waals surface area (Å²) in [4.78, 5) is 6.42. The largest absolute Gasteiger partial charge is 0.369 e. The molecule has 4 rings (SSSR count). The number of hydrogen-bond donors (Lipinski definition) is 1. The van der Waals surface area contributed by atoms with Crippen molar-refractivity contribution in [2.75, 3.05) is 24.6 Å². The molecule has 1 aliphatic heterocycles. The number of nitrogens with two attached hydrogens (primary N) is 1. The first-order valence-electron chi connectivity index (χ1n) is 10.1. The van der Waals surface area contributed by atoms with Crippen LogP contribution >= 0.6 is 11.8 Å². The summed E-state index contributed by atoms with van der Waals surface area (Å²) in [7, 11) is 0. The fourth-order valence-electron chi connectivity index (χ4n) is 3.55. The van der Waals surface area contributed by atoms with Gasteiger partial charge in [0.2, 0.25) is 0 Å². The summed E-state index contributed by atoms with van der Waals surface area (Å²) in [6, 6.07) is 16.8. The molecular weight excluding hydrogens is 399 g/mol. The summed E-state index contributed by atoms with van der Waals surface area (Å²) in [6.45, 7) is 3.83. The molecule has 1 fully saturated rings. The SMILES string of the molecule is CC(Cc1cc(N=C(N)N2CCSCC2)on1)c1ccc(-c2ccccc2)c(F)c1. The molecule has 1 aliphatic rings. The highest BCUT2D eigenvalue weighted by molar-refractivity contribution is 7.99. The van der Waals surface area contributed by atoms with Crippen LogP contribution in [0.1, 0.15) is 24.1 Å². The Balaban J connectivity index is 1.43. The Kier molecular flexibility index (Phi) is 6.38. The van der Waals surface area contributed by atoms with E-state index in [4.69, 9.17) is 10.3 Å². The monoisotopic (exact) mass is 424 g/mol. The van der Waals surface area contributed by atoms with E-state index in [1.165, 1.54) is 0 Å². The number of halogens is 1. The molecule has 7 heteroatoms. The summed E-state index contributed by atoms with van der Waals surface area (Å²) in [5.41, 5.74) is 9.27. The second kappa shape index (κ2) is 9.34. The van der Waals surface area contributed by atoms with Gasteiger partial charge in [-0.05, 0) is 29.5 Å². The molecule has 2 aromatic carbocycles. The summed E-state index contributed by atoms with van der Waals surface area (Å²) in [6.07, 6.45) is 0.628. The van der Waals surface area contributed by atoms with Crippen LogP contribution in [-0.2, 0) is 6.42 Å². The van der Waals surface area contributed by atoms with E-state index in [-0.39, 0.29) is 11.7 Å². The van der Waals surface area contributed by atoms with Gasteiger partial charge in [-0.2, -0.15) is 16.8 Å². The molecule has 156 valence electrons. The Morgan fingerprint density at radius 3 is 2.70 bits per heavy atom. The van der Waals surface area contributed by atoms with Gasteiger partial charge in [-0.25, -0.2) is 4.39 Å². The van der Waals surface area contributed by atoms with Gasteiger partial charge in [0, 0.05) is 36.2 Å². The number of aliphatic imine (C=N–C) groups is 1. The zero-order valence-electron chi connectivity index (χ0n) is 16.9. The summed E-state index contributed by atoms with van der Waals surface area (Å²) in [5, 5.41) is 4.11. The van der Waals surface area contributed by atoms with Crippen molar-refractivity contribution in [3.05, 3.63) is 71.7 Å². The smallest absolute Gasteiger partial charge is 0.253 e. The van der Waals surface area contributed by atoms with Crippen molar-refractivity contribution in [3.8, 4) is 11.1 Å². The minimum atomic E-state index is -0.219. The first-order valence-corrected chi connectivity index (χ1v) is 11.2. The molecule has 3 aromatic rings. The van der Waals surface area contributed by atoms with Crippen LogP contribution in [0.2, 0.25) is 0 Å². The highest BCUT2D eigenvalue weighted by atomic mass is 32.2. The van der Waals surface area contributed by atoms with Gasteiger partial charge in [-0.15, -0.1) is 0 Å². The number of aromatic nitrogens is 1. The maximum Gasteiger partial charge on any atom is 0.253 e. The number of benzene rings is 2. The lowest BCUT2D eigenvalue weighted by Crippen LogP contribution is -2.42. The average molecular weight is 425 g/mol. The molecule has 5 nitrogen and oxygen atoms in total. The first-order chi connectivity index (χ1) is 14.6. The highest BCUT2D eigenvalue weighted by Gasteiger charge is 2.16. The molecule has 1 aromatic heterocycles. The molecule has 2 N–H and O–H groups in total. The van der Waals surface area contributed by atoms with Gasteiger partial charge in [0.05, 0.1) is 5.69 Å². The molecule has 0 spiro atoms. The van der Waals surface area contributed by atoms with Crippen molar-refractivity contribution >= 4 is 23.6 Å². The van der Waals surface area contributed by atoms with Crippen molar-refractivity contribution < 1.29 is 8.91 Å². The lowest BCUT2D eigenvalue weighted by Gasteiger charge is -2.26. The fourth-order valence-corrected chi connectivity index (χ4v) is 4.45. The van der Waals surface area contributed by atoms with E-state index >= 15 is 0 Å².